The molecule has 92 valence electrons. The molecule has 1 aliphatic heterocycles. The van der Waals surface area contributed by atoms with Crippen LogP contribution < -0.4 is 5.73 Å². The number of esters is 1. The summed E-state index contributed by atoms with van der Waals surface area (Å²) in [6.07, 6.45) is 0.874. The Morgan fingerprint density at radius 3 is 3.12 bits per heavy atom. The van der Waals surface area contributed by atoms with Crippen LogP contribution in [0.15, 0.2) is 6.07 Å². The van der Waals surface area contributed by atoms with E-state index < -0.39 is 5.97 Å². The molecule has 1 aromatic heterocycles. The van der Waals surface area contributed by atoms with Gasteiger partial charge in [0.2, 0.25) is 0 Å². The molecule has 1 aromatic rings. The van der Waals surface area contributed by atoms with Gasteiger partial charge in [-0.05, 0) is 25.6 Å². The van der Waals surface area contributed by atoms with Crippen molar-refractivity contribution in [3.05, 3.63) is 22.9 Å². The van der Waals surface area contributed by atoms with E-state index in [1.54, 1.807) is 6.92 Å². The average molecular weight is 235 g/mol. The summed E-state index contributed by atoms with van der Waals surface area (Å²) >= 11 is 0. The Morgan fingerprint density at radius 1 is 1.65 bits per heavy atom. The van der Waals surface area contributed by atoms with Gasteiger partial charge >= 0.3 is 5.97 Å². The van der Waals surface area contributed by atoms with Gasteiger partial charge in [0.25, 0.3) is 0 Å². The number of hydrogen-bond acceptors (Lipinski definition) is 5. The number of aromatic nitrogens is 1. The van der Waals surface area contributed by atoms with Gasteiger partial charge in [-0.25, -0.2) is 9.78 Å². The first kappa shape index (κ1) is 11.9. The Morgan fingerprint density at radius 2 is 2.41 bits per heavy atom. The molecule has 2 heterocycles. The SMILES string of the molecule is CCOC(=O)c1cc2c(nc1N)CCN(C)C2. The van der Waals surface area contributed by atoms with E-state index in [4.69, 9.17) is 10.5 Å². The van der Waals surface area contributed by atoms with E-state index in [1.165, 1.54) is 0 Å². The average Bonchev–Trinajstić information content (AvgIpc) is 2.29. The molecule has 2 rings (SSSR count). The summed E-state index contributed by atoms with van der Waals surface area (Å²) in [5.74, 6) is -0.125. The quantitative estimate of drug-likeness (QED) is 0.769. The van der Waals surface area contributed by atoms with Crippen molar-refractivity contribution in [3.8, 4) is 0 Å². The molecule has 1 aliphatic rings. The largest absolute Gasteiger partial charge is 0.462 e. The lowest BCUT2D eigenvalue weighted by Crippen LogP contribution is -2.28. The van der Waals surface area contributed by atoms with E-state index in [-0.39, 0.29) is 5.82 Å². The standard InChI is InChI=1S/C12H17N3O2/c1-3-17-12(16)9-6-8-7-15(2)5-4-10(8)14-11(9)13/h6H,3-5,7H2,1-2H3,(H2,13,14). The van der Waals surface area contributed by atoms with Crippen molar-refractivity contribution >= 4 is 11.8 Å². The Labute approximate surface area is 101 Å². The minimum Gasteiger partial charge on any atom is -0.462 e. The number of fused-ring (bicyclic) bond motifs is 1. The highest BCUT2D eigenvalue weighted by atomic mass is 16.5. The fourth-order valence-electron chi connectivity index (χ4n) is 2.00. The number of carbonyl (C=O) groups is 1. The van der Waals surface area contributed by atoms with Crippen LogP contribution in [0.3, 0.4) is 0 Å². The van der Waals surface area contributed by atoms with Crippen LogP contribution in [0.2, 0.25) is 0 Å². The van der Waals surface area contributed by atoms with Crippen molar-refractivity contribution in [3.63, 3.8) is 0 Å². The molecule has 2 N–H and O–H groups in total. The van der Waals surface area contributed by atoms with Crippen LogP contribution >= 0.6 is 0 Å². The van der Waals surface area contributed by atoms with Crippen LogP contribution in [0, 0.1) is 0 Å². The molecular formula is C12H17N3O2. The van der Waals surface area contributed by atoms with Crippen molar-refractivity contribution in [2.24, 2.45) is 0 Å². The van der Waals surface area contributed by atoms with Crippen LogP contribution in [0.5, 0.6) is 0 Å². The normalized spacial score (nSPS) is 15.4. The van der Waals surface area contributed by atoms with Crippen molar-refractivity contribution in [1.29, 1.82) is 0 Å². The first-order valence-electron chi connectivity index (χ1n) is 5.75. The molecule has 0 aromatic carbocycles. The number of hydrogen-bond donors (Lipinski definition) is 1. The lowest BCUT2D eigenvalue weighted by Gasteiger charge is -2.24. The molecule has 5 nitrogen and oxygen atoms in total. The highest BCUT2D eigenvalue weighted by molar-refractivity contribution is 5.94. The molecule has 0 atom stereocenters. The Balaban J connectivity index is 2.35. The number of carbonyl (C=O) groups excluding carboxylic acids is 1. The Bertz CT molecular complexity index is 446. The number of pyridine rings is 1. The molecule has 0 aliphatic carbocycles. The first-order chi connectivity index (χ1) is 8.11. The Hall–Kier alpha value is -1.62. The van der Waals surface area contributed by atoms with Crippen molar-refractivity contribution in [2.75, 3.05) is 25.9 Å². The van der Waals surface area contributed by atoms with Crippen LogP contribution in [0.4, 0.5) is 5.82 Å². The van der Waals surface area contributed by atoms with Gasteiger partial charge < -0.3 is 15.4 Å². The predicted molar refractivity (Wildman–Crippen MR) is 64.6 cm³/mol. The van der Waals surface area contributed by atoms with Crippen molar-refractivity contribution in [2.45, 2.75) is 19.9 Å². The minimum absolute atomic E-state index is 0.270. The molecule has 0 amide bonds. The molecule has 0 saturated heterocycles. The second-order valence-corrected chi connectivity index (χ2v) is 4.24. The lowest BCUT2D eigenvalue weighted by atomic mass is 10.0. The zero-order valence-electron chi connectivity index (χ0n) is 10.2. The molecule has 0 fully saturated rings. The zero-order valence-corrected chi connectivity index (χ0v) is 10.2. The fourth-order valence-corrected chi connectivity index (χ4v) is 2.00. The fraction of sp³-hybridized carbons (Fsp3) is 0.500. The monoisotopic (exact) mass is 235 g/mol. The smallest absolute Gasteiger partial charge is 0.341 e. The summed E-state index contributed by atoms with van der Waals surface area (Å²) in [6.45, 7) is 3.89. The summed E-state index contributed by atoms with van der Waals surface area (Å²) in [7, 11) is 2.04. The van der Waals surface area contributed by atoms with E-state index in [1.807, 2.05) is 13.1 Å². The van der Waals surface area contributed by atoms with Crippen LogP contribution in [-0.2, 0) is 17.7 Å². The van der Waals surface area contributed by atoms with Gasteiger partial charge in [-0.15, -0.1) is 0 Å². The second-order valence-electron chi connectivity index (χ2n) is 4.24. The molecular weight excluding hydrogens is 218 g/mol. The molecule has 0 spiro atoms. The maximum atomic E-state index is 11.7. The summed E-state index contributed by atoms with van der Waals surface area (Å²) in [6, 6.07) is 1.81. The third kappa shape index (κ3) is 2.39. The summed E-state index contributed by atoms with van der Waals surface area (Å²) in [5, 5.41) is 0. The first-order valence-corrected chi connectivity index (χ1v) is 5.75. The summed E-state index contributed by atoms with van der Waals surface area (Å²) in [4.78, 5) is 18.2. The van der Waals surface area contributed by atoms with Crippen molar-refractivity contribution in [1.82, 2.24) is 9.88 Å². The maximum Gasteiger partial charge on any atom is 0.341 e. The molecule has 0 unspecified atom stereocenters. The third-order valence-corrected chi connectivity index (χ3v) is 2.89. The highest BCUT2D eigenvalue weighted by Crippen LogP contribution is 2.21. The zero-order chi connectivity index (χ0) is 12.4. The van der Waals surface area contributed by atoms with Gasteiger partial charge in [0.1, 0.15) is 11.4 Å². The number of nitrogen functional groups attached to an aromatic ring is 1. The van der Waals surface area contributed by atoms with Crippen LogP contribution in [-0.4, -0.2) is 36.1 Å². The minimum atomic E-state index is -0.395. The van der Waals surface area contributed by atoms with Gasteiger partial charge in [0, 0.05) is 25.2 Å². The number of nitrogens with two attached hydrogens (primary N) is 1. The van der Waals surface area contributed by atoms with E-state index in [2.05, 4.69) is 9.88 Å². The molecule has 5 heteroatoms. The molecule has 17 heavy (non-hydrogen) atoms. The highest BCUT2D eigenvalue weighted by Gasteiger charge is 2.20. The molecule has 0 radical (unpaired) electrons. The topological polar surface area (TPSA) is 68.4 Å². The number of rotatable bonds is 2. The number of anilines is 1. The van der Waals surface area contributed by atoms with E-state index in [0.29, 0.717) is 12.2 Å². The van der Waals surface area contributed by atoms with Crippen LogP contribution in [0.1, 0.15) is 28.5 Å². The van der Waals surface area contributed by atoms with Crippen LogP contribution in [0.25, 0.3) is 0 Å². The van der Waals surface area contributed by atoms with Gasteiger partial charge in [-0.1, -0.05) is 0 Å². The number of ether oxygens (including phenoxy) is 1. The third-order valence-electron chi connectivity index (χ3n) is 2.89. The molecule has 0 bridgehead atoms. The predicted octanol–water partition coefficient (Wildman–Crippen LogP) is 0.828. The Kier molecular flexibility index (Phi) is 3.28. The van der Waals surface area contributed by atoms with Gasteiger partial charge in [-0.2, -0.15) is 0 Å². The van der Waals surface area contributed by atoms with Gasteiger partial charge in [-0.3, -0.25) is 0 Å². The van der Waals surface area contributed by atoms with Crippen molar-refractivity contribution < 1.29 is 9.53 Å². The van der Waals surface area contributed by atoms with E-state index in [9.17, 15) is 4.79 Å². The van der Waals surface area contributed by atoms with E-state index in [0.717, 1.165) is 30.8 Å². The molecule has 0 saturated carbocycles. The van der Waals surface area contributed by atoms with E-state index >= 15 is 0 Å². The number of nitrogens with zero attached hydrogens (tertiary/aromatic N) is 2. The number of likely N-dealkylation sites (N-methyl/N-ethyl adjacent to an activating group) is 1. The maximum absolute atomic E-state index is 11.7. The lowest BCUT2D eigenvalue weighted by molar-refractivity contribution is 0.0527. The second kappa shape index (κ2) is 4.71. The summed E-state index contributed by atoms with van der Waals surface area (Å²) in [5.41, 5.74) is 8.22. The summed E-state index contributed by atoms with van der Waals surface area (Å²) < 4.78 is 4.95. The van der Waals surface area contributed by atoms with Gasteiger partial charge in [0.05, 0.1) is 6.61 Å². The van der Waals surface area contributed by atoms with Gasteiger partial charge in [0.15, 0.2) is 0 Å².